The molecule has 2 saturated heterocycles. The highest BCUT2D eigenvalue weighted by atomic mass is 19.1. The Labute approximate surface area is 185 Å². The van der Waals surface area contributed by atoms with Gasteiger partial charge in [-0.05, 0) is 31.5 Å². The summed E-state index contributed by atoms with van der Waals surface area (Å²) in [6.07, 6.45) is 0. The Morgan fingerprint density at radius 1 is 1.06 bits per heavy atom. The third-order valence-corrected chi connectivity index (χ3v) is 6.05. The van der Waals surface area contributed by atoms with E-state index in [0.29, 0.717) is 68.0 Å². The average Bonchev–Trinajstić information content (AvgIpc) is 3.23. The van der Waals surface area contributed by atoms with Crippen molar-refractivity contribution in [3.8, 4) is 11.4 Å². The van der Waals surface area contributed by atoms with E-state index in [-0.39, 0.29) is 24.3 Å². The van der Waals surface area contributed by atoms with Crippen LogP contribution in [0.15, 0.2) is 18.2 Å². The van der Waals surface area contributed by atoms with Crippen molar-refractivity contribution in [3.63, 3.8) is 0 Å². The molecule has 2 fully saturated rings. The van der Waals surface area contributed by atoms with Gasteiger partial charge in [0.15, 0.2) is 11.5 Å². The quantitative estimate of drug-likeness (QED) is 0.634. The van der Waals surface area contributed by atoms with Crippen LogP contribution in [0.1, 0.15) is 19.4 Å². The number of morpholine rings is 2. The third-order valence-electron chi connectivity index (χ3n) is 6.05. The lowest BCUT2D eigenvalue weighted by molar-refractivity contribution is 0.0973. The first kappa shape index (κ1) is 21.0. The van der Waals surface area contributed by atoms with Crippen LogP contribution in [-0.4, -0.2) is 76.6 Å². The molecule has 0 saturated carbocycles. The van der Waals surface area contributed by atoms with Gasteiger partial charge < -0.3 is 29.4 Å². The van der Waals surface area contributed by atoms with Gasteiger partial charge in [0, 0.05) is 13.1 Å². The molecule has 2 N–H and O–H groups in total. The van der Waals surface area contributed by atoms with Gasteiger partial charge >= 0.3 is 0 Å². The number of imidazole rings is 1. The maximum atomic E-state index is 14.6. The summed E-state index contributed by atoms with van der Waals surface area (Å²) in [6, 6.07) is 4.75. The summed E-state index contributed by atoms with van der Waals surface area (Å²) in [6.45, 7) is 7.79. The van der Waals surface area contributed by atoms with Crippen LogP contribution in [-0.2, 0) is 16.1 Å². The fourth-order valence-corrected chi connectivity index (χ4v) is 4.25. The van der Waals surface area contributed by atoms with E-state index in [1.54, 1.807) is 12.1 Å². The smallest absolute Gasteiger partial charge is 0.229 e. The molecule has 2 aliphatic rings. The van der Waals surface area contributed by atoms with Crippen molar-refractivity contribution in [2.45, 2.75) is 32.5 Å². The van der Waals surface area contributed by atoms with E-state index in [1.165, 1.54) is 6.07 Å². The summed E-state index contributed by atoms with van der Waals surface area (Å²) in [4.78, 5) is 21.9. The van der Waals surface area contributed by atoms with Gasteiger partial charge in [-0.1, -0.05) is 6.07 Å². The van der Waals surface area contributed by atoms with E-state index in [0.717, 1.165) is 5.82 Å². The number of nitrogens with one attached hydrogen (secondary N) is 1. The van der Waals surface area contributed by atoms with Crippen LogP contribution in [0.4, 0.5) is 16.2 Å². The lowest BCUT2D eigenvalue weighted by Crippen LogP contribution is -2.46. The van der Waals surface area contributed by atoms with Crippen molar-refractivity contribution in [1.82, 2.24) is 19.9 Å². The highest BCUT2D eigenvalue weighted by molar-refractivity contribution is 5.87. The van der Waals surface area contributed by atoms with Gasteiger partial charge in [0.1, 0.15) is 17.2 Å². The zero-order valence-electron chi connectivity index (χ0n) is 18.2. The first-order chi connectivity index (χ1) is 15.5. The topological polar surface area (TPSA) is 99.6 Å². The second kappa shape index (κ2) is 8.61. The van der Waals surface area contributed by atoms with Crippen molar-refractivity contribution >= 4 is 22.9 Å². The van der Waals surface area contributed by atoms with Crippen molar-refractivity contribution in [3.05, 3.63) is 29.6 Å². The Morgan fingerprint density at radius 3 is 2.47 bits per heavy atom. The minimum Gasteiger partial charge on any atom is -0.392 e. The fourth-order valence-electron chi connectivity index (χ4n) is 4.25. The third kappa shape index (κ3) is 3.78. The number of aromatic nitrogens is 4. The molecule has 2 atom stereocenters. The number of aliphatic hydroxyl groups excluding tert-OH is 1. The van der Waals surface area contributed by atoms with Gasteiger partial charge in [-0.2, -0.15) is 9.97 Å². The minimum absolute atomic E-state index is 0.123. The first-order valence-electron chi connectivity index (χ1n) is 10.9. The number of fused-ring (bicyclic) bond motifs is 1. The summed E-state index contributed by atoms with van der Waals surface area (Å²) in [5, 5.41) is 9.48. The zero-order valence-corrected chi connectivity index (χ0v) is 18.2. The monoisotopic (exact) mass is 442 g/mol. The molecule has 0 aliphatic carbocycles. The van der Waals surface area contributed by atoms with Gasteiger partial charge in [0.25, 0.3) is 0 Å². The second-order valence-electron chi connectivity index (χ2n) is 8.34. The molecule has 0 bridgehead atoms. The number of aromatic amines is 1. The predicted molar refractivity (Wildman–Crippen MR) is 118 cm³/mol. The van der Waals surface area contributed by atoms with Crippen molar-refractivity contribution < 1.29 is 19.0 Å². The van der Waals surface area contributed by atoms with E-state index in [2.05, 4.69) is 33.6 Å². The number of halogens is 1. The number of hydrogen-bond donors (Lipinski definition) is 2. The Balaban J connectivity index is 1.66. The highest BCUT2D eigenvalue weighted by Crippen LogP contribution is 2.32. The Hall–Kier alpha value is -2.82. The Morgan fingerprint density at radius 2 is 1.78 bits per heavy atom. The van der Waals surface area contributed by atoms with Crippen LogP contribution in [0.3, 0.4) is 0 Å². The van der Waals surface area contributed by atoms with Crippen LogP contribution in [0.2, 0.25) is 0 Å². The maximum Gasteiger partial charge on any atom is 0.229 e. The van der Waals surface area contributed by atoms with Crippen LogP contribution < -0.4 is 9.80 Å². The number of rotatable bonds is 4. The minimum atomic E-state index is -0.419. The van der Waals surface area contributed by atoms with Gasteiger partial charge in [0.05, 0.1) is 50.7 Å². The van der Waals surface area contributed by atoms with E-state index >= 15 is 0 Å². The molecule has 1 aromatic carbocycles. The maximum absolute atomic E-state index is 14.6. The molecular formula is C22H27FN6O3. The van der Waals surface area contributed by atoms with E-state index in [9.17, 15) is 9.50 Å². The van der Waals surface area contributed by atoms with Crippen LogP contribution >= 0.6 is 0 Å². The van der Waals surface area contributed by atoms with Gasteiger partial charge in [-0.15, -0.1) is 0 Å². The number of nitrogens with zero attached hydrogens (tertiary/aromatic N) is 5. The summed E-state index contributed by atoms with van der Waals surface area (Å²) in [5.41, 5.74) is 2.04. The molecule has 10 heteroatoms. The Bertz CT molecular complexity index is 1120. The van der Waals surface area contributed by atoms with Gasteiger partial charge in [-0.25, -0.2) is 9.37 Å². The summed E-state index contributed by atoms with van der Waals surface area (Å²) in [7, 11) is 0. The molecule has 0 amide bonds. The van der Waals surface area contributed by atoms with Crippen LogP contribution in [0.5, 0.6) is 0 Å². The van der Waals surface area contributed by atoms with E-state index in [1.807, 2.05) is 0 Å². The first-order valence-corrected chi connectivity index (χ1v) is 10.9. The molecule has 5 rings (SSSR count). The second-order valence-corrected chi connectivity index (χ2v) is 8.34. The molecule has 0 unspecified atom stereocenters. The van der Waals surface area contributed by atoms with Crippen molar-refractivity contribution in [1.29, 1.82) is 0 Å². The molecule has 3 aromatic rings. The standard InChI is InChI=1S/C22H27FN6O3/c1-13-11-31-7-5-28(13)21-18-20(26-22(27-21)29-6-8-32-12-14(29)2)25-19(24-18)16-9-15(10-30)3-4-17(16)23/h3-4,9,13-14,30H,5-8,10-12H2,1-2H3,(H,24,25,26,27)/t13-,14-/m1/s1. The molecule has 4 heterocycles. The molecule has 0 radical (unpaired) electrons. The largest absolute Gasteiger partial charge is 0.392 e. The SMILES string of the molecule is C[C@@H]1COCCN1c1nc(N2CCOC[C@H]2C)c2[nH]c(-c3cc(CO)ccc3F)nc2n1. The molecule has 32 heavy (non-hydrogen) atoms. The number of H-pyrrole nitrogens is 1. The summed E-state index contributed by atoms with van der Waals surface area (Å²) < 4.78 is 25.8. The number of benzene rings is 1. The van der Waals surface area contributed by atoms with E-state index in [4.69, 9.17) is 19.4 Å². The number of hydrogen-bond acceptors (Lipinski definition) is 8. The zero-order chi connectivity index (χ0) is 22.2. The summed E-state index contributed by atoms with van der Waals surface area (Å²) in [5.74, 6) is 1.26. The van der Waals surface area contributed by atoms with E-state index < -0.39 is 5.82 Å². The molecule has 0 spiro atoms. The number of ether oxygens (including phenoxy) is 2. The van der Waals surface area contributed by atoms with Gasteiger partial charge in [0.2, 0.25) is 5.95 Å². The highest BCUT2D eigenvalue weighted by Gasteiger charge is 2.28. The van der Waals surface area contributed by atoms with Gasteiger partial charge in [-0.3, -0.25) is 0 Å². The molecule has 170 valence electrons. The lowest BCUT2D eigenvalue weighted by atomic mass is 10.1. The summed E-state index contributed by atoms with van der Waals surface area (Å²) >= 11 is 0. The van der Waals surface area contributed by atoms with Crippen LogP contribution in [0, 0.1) is 5.82 Å². The van der Waals surface area contributed by atoms with Crippen molar-refractivity contribution in [2.75, 3.05) is 49.3 Å². The molecule has 9 nitrogen and oxygen atoms in total. The molecule has 2 aromatic heterocycles. The molecular weight excluding hydrogens is 415 g/mol. The average molecular weight is 442 g/mol. The normalized spacial score (nSPS) is 22.0. The Kier molecular flexibility index (Phi) is 5.66. The number of aliphatic hydroxyl groups is 1. The molecule has 2 aliphatic heterocycles. The number of anilines is 2. The van der Waals surface area contributed by atoms with Crippen LogP contribution in [0.25, 0.3) is 22.6 Å². The lowest BCUT2D eigenvalue weighted by Gasteiger charge is -2.36. The van der Waals surface area contributed by atoms with Crippen molar-refractivity contribution in [2.24, 2.45) is 0 Å². The predicted octanol–water partition coefficient (Wildman–Crippen LogP) is 2.10. The fraction of sp³-hybridized carbons (Fsp3) is 0.500.